The van der Waals surface area contributed by atoms with Gasteiger partial charge in [0.15, 0.2) is 5.82 Å². The summed E-state index contributed by atoms with van der Waals surface area (Å²) in [6.45, 7) is 4.21. The Bertz CT molecular complexity index is 1750. The van der Waals surface area contributed by atoms with Crippen molar-refractivity contribution in [2.24, 2.45) is 12.5 Å². The largest absolute Gasteiger partial charge is 0.494 e. The van der Waals surface area contributed by atoms with Crippen molar-refractivity contribution in [2.75, 3.05) is 66.8 Å². The molecule has 0 atom stereocenters. The molecule has 0 amide bonds. The molecule has 0 radical (unpaired) electrons. The van der Waals surface area contributed by atoms with Gasteiger partial charge in [-0.3, -0.25) is 9.40 Å². The normalized spacial score (nSPS) is 16.1. The average molecular weight is 610 g/mol. The molecule has 0 saturated carbocycles. The van der Waals surface area contributed by atoms with Crippen LogP contribution in [0.4, 0.5) is 34.5 Å². The second kappa shape index (κ2) is 10.6. The fourth-order valence-electron chi connectivity index (χ4n) is 5.77. The summed E-state index contributed by atoms with van der Waals surface area (Å²) in [5.41, 5.74) is 4.97. The molecule has 12 nitrogen and oxygen atoms in total. The molecule has 6 rings (SSSR count). The van der Waals surface area contributed by atoms with Gasteiger partial charge in [0, 0.05) is 67.7 Å². The first kappa shape index (κ1) is 28.1. The highest BCUT2D eigenvalue weighted by atomic mass is 35.5. The molecule has 2 aliphatic rings. The molecule has 0 unspecified atom stereocenters. The number of nitrogens with one attached hydrogen (secondary N) is 3. The van der Waals surface area contributed by atoms with E-state index in [2.05, 4.69) is 47.3 Å². The van der Waals surface area contributed by atoms with Gasteiger partial charge in [-0.15, -0.1) is 0 Å². The van der Waals surface area contributed by atoms with Crippen molar-refractivity contribution in [1.29, 1.82) is 0 Å². The van der Waals surface area contributed by atoms with Crippen LogP contribution in [0.3, 0.4) is 0 Å². The molecule has 4 aromatic rings. The molecule has 3 N–H and O–H groups in total. The maximum Gasteiger partial charge on any atom is 0.229 e. The Labute approximate surface area is 249 Å². The van der Waals surface area contributed by atoms with Gasteiger partial charge in [0.05, 0.1) is 42.8 Å². The number of nitrogens with zero attached hydrogens (tertiary/aromatic N) is 6. The topological polar surface area (TPSA) is 130 Å². The summed E-state index contributed by atoms with van der Waals surface area (Å²) in [4.78, 5) is 13.7. The van der Waals surface area contributed by atoms with Crippen molar-refractivity contribution >= 4 is 56.1 Å². The number of methoxy groups -OCH3 is 1. The lowest BCUT2D eigenvalue weighted by Gasteiger charge is -2.60. The van der Waals surface area contributed by atoms with Crippen LogP contribution in [-0.4, -0.2) is 79.7 Å². The number of halogens is 1. The summed E-state index contributed by atoms with van der Waals surface area (Å²) in [5.74, 6) is 1.22. The first-order chi connectivity index (χ1) is 20.0. The lowest BCUT2D eigenvalue weighted by molar-refractivity contribution is -0.00234. The van der Waals surface area contributed by atoms with E-state index in [1.165, 1.54) is 6.20 Å². The number of likely N-dealkylation sites (tertiary alicyclic amines) is 1. The van der Waals surface area contributed by atoms with E-state index in [0.29, 0.717) is 34.0 Å². The molecule has 2 aliphatic heterocycles. The highest BCUT2D eigenvalue weighted by Gasteiger charge is 2.50. The number of aromatic nitrogens is 4. The molecule has 220 valence electrons. The van der Waals surface area contributed by atoms with Gasteiger partial charge in [0.1, 0.15) is 10.8 Å². The number of hydrogen-bond acceptors (Lipinski definition) is 10. The van der Waals surface area contributed by atoms with E-state index in [4.69, 9.17) is 16.3 Å². The van der Waals surface area contributed by atoms with E-state index >= 15 is 0 Å². The maximum absolute atomic E-state index is 11.9. The van der Waals surface area contributed by atoms with Gasteiger partial charge < -0.3 is 25.2 Å². The molecule has 4 heterocycles. The van der Waals surface area contributed by atoms with Crippen LogP contribution in [0.25, 0.3) is 11.1 Å². The fraction of sp³-hybridized carbons (Fsp3) is 0.321. The highest BCUT2D eigenvalue weighted by Crippen LogP contribution is 2.47. The molecule has 2 aromatic carbocycles. The fourth-order valence-corrected chi connectivity index (χ4v) is 6.48. The number of anilines is 6. The van der Waals surface area contributed by atoms with Crippen LogP contribution in [0.15, 0.2) is 55.0 Å². The third kappa shape index (κ3) is 5.67. The van der Waals surface area contributed by atoms with Crippen molar-refractivity contribution in [3.8, 4) is 16.9 Å². The molecular formula is C28H32ClN9O3S. The predicted molar refractivity (Wildman–Crippen MR) is 166 cm³/mol. The van der Waals surface area contributed by atoms with Crippen molar-refractivity contribution < 1.29 is 13.2 Å². The number of benzene rings is 2. The van der Waals surface area contributed by atoms with E-state index in [0.717, 1.165) is 49.2 Å². The monoisotopic (exact) mass is 609 g/mol. The van der Waals surface area contributed by atoms with Crippen LogP contribution < -0.4 is 25.0 Å². The lowest BCUT2D eigenvalue weighted by Crippen LogP contribution is -2.71. The average Bonchev–Trinajstić information content (AvgIpc) is 3.33. The van der Waals surface area contributed by atoms with Gasteiger partial charge in [-0.05, 0) is 25.2 Å². The Morgan fingerprint density at radius 2 is 1.74 bits per heavy atom. The number of aryl methyl sites for hydroxylation is 1. The standard InChI is InChI=1S/C28H32ClN9O3S/c1-36-14-28(15-36)16-38(17-28)24-10-25(41-3)23(9-19(24)18-11-31-37(2)13-18)33-27-30-12-20(29)26(34-27)32-21-7-5-6-8-22(21)35-42(4,39)40/h5-13,35H,14-17H2,1-4H3,(H2,30,32,33,34). The zero-order valence-electron chi connectivity index (χ0n) is 23.7. The first-order valence-electron chi connectivity index (χ1n) is 13.3. The lowest BCUT2D eigenvalue weighted by atomic mass is 9.72. The summed E-state index contributed by atoms with van der Waals surface area (Å²) in [6.07, 6.45) is 6.41. The Morgan fingerprint density at radius 3 is 2.38 bits per heavy atom. The summed E-state index contributed by atoms with van der Waals surface area (Å²) >= 11 is 6.43. The summed E-state index contributed by atoms with van der Waals surface area (Å²) in [6, 6.07) is 10.9. The van der Waals surface area contributed by atoms with Crippen molar-refractivity contribution in [3.63, 3.8) is 0 Å². The van der Waals surface area contributed by atoms with Crippen LogP contribution in [0.1, 0.15) is 0 Å². The first-order valence-corrected chi connectivity index (χ1v) is 15.6. The Morgan fingerprint density at radius 1 is 1.00 bits per heavy atom. The Balaban J connectivity index is 1.31. The molecule has 42 heavy (non-hydrogen) atoms. The number of hydrogen-bond donors (Lipinski definition) is 3. The van der Waals surface area contributed by atoms with E-state index in [-0.39, 0.29) is 11.0 Å². The summed E-state index contributed by atoms with van der Waals surface area (Å²) in [7, 11) is 2.19. The van der Waals surface area contributed by atoms with Crippen LogP contribution >= 0.6 is 11.6 Å². The molecule has 2 fully saturated rings. The van der Waals surface area contributed by atoms with Crippen molar-refractivity contribution in [1.82, 2.24) is 24.6 Å². The van der Waals surface area contributed by atoms with Crippen LogP contribution in [0, 0.1) is 5.41 Å². The van der Waals surface area contributed by atoms with Gasteiger partial charge in [0.25, 0.3) is 0 Å². The predicted octanol–water partition coefficient (Wildman–Crippen LogP) is 4.15. The third-order valence-electron chi connectivity index (χ3n) is 7.40. The number of ether oxygens (including phenoxy) is 1. The quantitative estimate of drug-likeness (QED) is 0.254. The minimum Gasteiger partial charge on any atom is -0.494 e. The van der Waals surface area contributed by atoms with Crippen molar-refractivity contribution in [3.05, 3.63) is 60.0 Å². The van der Waals surface area contributed by atoms with E-state index in [1.807, 2.05) is 31.6 Å². The zero-order chi connectivity index (χ0) is 29.6. The smallest absolute Gasteiger partial charge is 0.229 e. The maximum atomic E-state index is 11.9. The minimum absolute atomic E-state index is 0.265. The van der Waals surface area contributed by atoms with Gasteiger partial charge in [-0.2, -0.15) is 10.1 Å². The summed E-state index contributed by atoms with van der Waals surface area (Å²) in [5, 5.41) is 11.1. The zero-order valence-corrected chi connectivity index (χ0v) is 25.3. The molecule has 0 aliphatic carbocycles. The molecule has 0 bridgehead atoms. The Hall–Kier alpha value is -4.07. The van der Waals surface area contributed by atoms with Crippen LogP contribution in [0.2, 0.25) is 5.02 Å². The third-order valence-corrected chi connectivity index (χ3v) is 8.27. The van der Waals surface area contributed by atoms with E-state index in [1.54, 1.807) is 36.1 Å². The number of sulfonamides is 1. The van der Waals surface area contributed by atoms with Gasteiger partial charge in [-0.25, -0.2) is 13.4 Å². The van der Waals surface area contributed by atoms with E-state index < -0.39 is 10.0 Å². The second-order valence-corrected chi connectivity index (χ2v) is 13.2. The molecule has 2 saturated heterocycles. The van der Waals surface area contributed by atoms with Gasteiger partial charge in [-0.1, -0.05) is 23.7 Å². The summed E-state index contributed by atoms with van der Waals surface area (Å²) < 4.78 is 33.8. The highest BCUT2D eigenvalue weighted by molar-refractivity contribution is 7.92. The molecule has 14 heteroatoms. The van der Waals surface area contributed by atoms with Crippen molar-refractivity contribution in [2.45, 2.75) is 0 Å². The van der Waals surface area contributed by atoms with E-state index in [9.17, 15) is 8.42 Å². The van der Waals surface area contributed by atoms with Gasteiger partial charge >= 0.3 is 0 Å². The molecule has 2 aromatic heterocycles. The van der Waals surface area contributed by atoms with Crippen LogP contribution in [-0.2, 0) is 17.1 Å². The number of para-hydroxylation sites is 2. The van der Waals surface area contributed by atoms with Gasteiger partial charge in [0.2, 0.25) is 16.0 Å². The number of rotatable bonds is 9. The minimum atomic E-state index is -3.49. The second-order valence-electron chi connectivity index (χ2n) is 11.1. The van der Waals surface area contributed by atoms with Crippen LogP contribution in [0.5, 0.6) is 5.75 Å². The SMILES string of the molecule is COc1cc(N2CC3(CN(C)C3)C2)c(-c2cnn(C)c2)cc1Nc1ncc(Cl)c(Nc2ccccc2NS(C)(=O)=O)n1. The Kier molecular flexibility index (Phi) is 7.11. The molecular weight excluding hydrogens is 578 g/mol. The molecule has 1 spiro atoms.